The SMILES string of the molecule is COC1[C]=NCS1. The average molecular weight is 116 g/mol. The van der Waals surface area contributed by atoms with Gasteiger partial charge in [-0.15, -0.1) is 11.8 Å². The van der Waals surface area contributed by atoms with Gasteiger partial charge < -0.3 is 4.74 Å². The van der Waals surface area contributed by atoms with E-state index in [9.17, 15) is 0 Å². The Labute approximate surface area is 47.0 Å². The molecule has 1 rings (SSSR count). The van der Waals surface area contributed by atoms with Crippen molar-refractivity contribution in [2.24, 2.45) is 4.99 Å². The number of methoxy groups -OCH3 is 1. The van der Waals surface area contributed by atoms with E-state index in [2.05, 4.69) is 11.2 Å². The summed E-state index contributed by atoms with van der Waals surface area (Å²) >= 11 is 1.64. The minimum Gasteiger partial charge on any atom is -0.364 e. The van der Waals surface area contributed by atoms with Gasteiger partial charge >= 0.3 is 0 Å². The fourth-order valence-electron chi connectivity index (χ4n) is 0.375. The normalized spacial score (nSPS) is 29.0. The van der Waals surface area contributed by atoms with Crippen molar-refractivity contribution in [3.05, 3.63) is 0 Å². The monoisotopic (exact) mass is 116 g/mol. The van der Waals surface area contributed by atoms with Crippen LogP contribution in [-0.4, -0.2) is 24.6 Å². The van der Waals surface area contributed by atoms with Gasteiger partial charge in [0.05, 0.1) is 12.1 Å². The van der Waals surface area contributed by atoms with Gasteiger partial charge in [0.25, 0.3) is 0 Å². The molecular weight excluding hydrogens is 110 g/mol. The van der Waals surface area contributed by atoms with E-state index in [0.29, 0.717) is 0 Å². The minimum atomic E-state index is 0.0972. The Morgan fingerprint density at radius 1 is 2.00 bits per heavy atom. The van der Waals surface area contributed by atoms with Gasteiger partial charge in [-0.2, -0.15) is 0 Å². The first-order chi connectivity index (χ1) is 3.43. The Balaban J connectivity index is 2.28. The van der Waals surface area contributed by atoms with E-state index in [1.54, 1.807) is 18.9 Å². The molecule has 1 aliphatic heterocycles. The number of ether oxygens (including phenoxy) is 1. The topological polar surface area (TPSA) is 21.6 Å². The molecule has 0 aromatic carbocycles. The summed E-state index contributed by atoms with van der Waals surface area (Å²) in [5.74, 6) is 0.804. The van der Waals surface area contributed by atoms with E-state index < -0.39 is 0 Å². The second-order valence-corrected chi connectivity index (χ2v) is 2.17. The molecule has 0 aliphatic carbocycles. The van der Waals surface area contributed by atoms with Gasteiger partial charge in [0.2, 0.25) is 0 Å². The Morgan fingerprint density at radius 3 is 3.14 bits per heavy atom. The van der Waals surface area contributed by atoms with Crippen molar-refractivity contribution in [3.63, 3.8) is 0 Å². The molecule has 1 atom stereocenters. The van der Waals surface area contributed by atoms with Crippen molar-refractivity contribution >= 4 is 18.0 Å². The number of nitrogens with zero attached hydrogens (tertiary/aromatic N) is 1. The summed E-state index contributed by atoms with van der Waals surface area (Å²) < 4.78 is 4.87. The van der Waals surface area contributed by atoms with Crippen LogP contribution in [0.15, 0.2) is 4.99 Å². The van der Waals surface area contributed by atoms with Crippen LogP contribution in [-0.2, 0) is 4.74 Å². The van der Waals surface area contributed by atoms with Crippen LogP contribution in [0.2, 0.25) is 0 Å². The minimum absolute atomic E-state index is 0.0972. The number of rotatable bonds is 1. The molecule has 2 nitrogen and oxygen atoms in total. The van der Waals surface area contributed by atoms with Crippen molar-refractivity contribution in [2.45, 2.75) is 5.44 Å². The lowest BCUT2D eigenvalue weighted by Crippen LogP contribution is -2.00. The molecule has 1 heterocycles. The maximum atomic E-state index is 4.87. The summed E-state index contributed by atoms with van der Waals surface area (Å²) in [6.07, 6.45) is 2.77. The highest BCUT2D eigenvalue weighted by molar-refractivity contribution is 8.00. The second kappa shape index (κ2) is 2.33. The molecule has 0 spiro atoms. The number of aliphatic imine (C=N–C) groups is 1. The van der Waals surface area contributed by atoms with Crippen LogP contribution in [0.4, 0.5) is 0 Å². The zero-order valence-electron chi connectivity index (χ0n) is 4.05. The van der Waals surface area contributed by atoms with Gasteiger partial charge in [0.1, 0.15) is 5.44 Å². The van der Waals surface area contributed by atoms with Crippen LogP contribution in [0.1, 0.15) is 0 Å². The predicted octanol–water partition coefficient (Wildman–Crippen LogP) is 0.611. The molecule has 1 radical (unpaired) electrons. The highest BCUT2D eigenvalue weighted by Crippen LogP contribution is 2.14. The summed E-state index contributed by atoms with van der Waals surface area (Å²) in [6.45, 7) is 0. The summed E-state index contributed by atoms with van der Waals surface area (Å²) in [6, 6.07) is 0. The molecule has 1 unspecified atom stereocenters. The molecule has 0 fully saturated rings. The smallest absolute Gasteiger partial charge is 0.148 e. The highest BCUT2D eigenvalue weighted by atomic mass is 32.2. The molecule has 0 N–H and O–H groups in total. The van der Waals surface area contributed by atoms with Crippen molar-refractivity contribution in [1.82, 2.24) is 0 Å². The average Bonchev–Trinajstić information content (AvgIpc) is 2.14. The first kappa shape index (κ1) is 5.12. The standard InChI is InChI=1S/C4H6NOS/c1-6-4-2-5-3-7-4/h4H,3H2,1H3. The number of hydrogen-bond donors (Lipinski definition) is 0. The lowest BCUT2D eigenvalue weighted by atomic mass is 10.8. The molecule has 0 aromatic rings. The zero-order chi connectivity index (χ0) is 5.11. The molecular formula is C4H6NOS. The van der Waals surface area contributed by atoms with Crippen LogP contribution >= 0.6 is 11.8 Å². The van der Waals surface area contributed by atoms with E-state index in [1.165, 1.54) is 0 Å². The van der Waals surface area contributed by atoms with Crippen molar-refractivity contribution in [3.8, 4) is 0 Å². The first-order valence-corrected chi connectivity index (χ1v) is 3.05. The van der Waals surface area contributed by atoms with E-state index >= 15 is 0 Å². The van der Waals surface area contributed by atoms with E-state index in [0.717, 1.165) is 5.88 Å². The number of hydrogen-bond acceptors (Lipinski definition) is 3. The van der Waals surface area contributed by atoms with Gasteiger partial charge in [0, 0.05) is 7.11 Å². The lowest BCUT2D eigenvalue weighted by molar-refractivity contribution is 0.225. The first-order valence-electron chi connectivity index (χ1n) is 2.00. The van der Waals surface area contributed by atoms with Crippen molar-refractivity contribution < 1.29 is 4.74 Å². The summed E-state index contributed by atoms with van der Waals surface area (Å²) in [7, 11) is 1.66. The largest absolute Gasteiger partial charge is 0.364 e. The van der Waals surface area contributed by atoms with Crippen molar-refractivity contribution in [1.29, 1.82) is 0 Å². The molecule has 7 heavy (non-hydrogen) atoms. The quantitative estimate of drug-likeness (QED) is 0.500. The Bertz CT molecular complexity index is 83.8. The highest BCUT2D eigenvalue weighted by Gasteiger charge is 2.08. The van der Waals surface area contributed by atoms with E-state index in [4.69, 9.17) is 4.74 Å². The molecule has 0 bridgehead atoms. The summed E-state index contributed by atoms with van der Waals surface area (Å²) in [5, 5.41) is 0. The zero-order valence-corrected chi connectivity index (χ0v) is 4.86. The fraction of sp³-hybridized carbons (Fsp3) is 0.750. The molecule has 0 saturated carbocycles. The van der Waals surface area contributed by atoms with Crippen LogP contribution in [0.3, 0.4) is 0 Å². The molecule has 1 aliphatic rings. The second-order valence-electron chi connectivity index (χ2n) is 1.15. The van der Waals surface area contributed by atoms with Crippen LogP contribution in [0.5, 0.6) is 0 Å². The molecule has 0 amide bonds. The molecule has 0 aromatic heterocycles. The molecule has 0 saturated heterocycles. The number of thioether (sulfide) groups is 1. The fourth-order valence-corrected chi connectivity index (χ4v) is 0.944. The van der Waals surface area contributed by atoms with Crippen LogP contribution < -0.4 is 0 Å². The van der Waals surface area contributed by atoms with Gasteiger partial charge in [-0.25, -0.2) is 0 Å². The third-order valence-electron chi connectivity index (χ3n) is 0.701. The van der Waals surface area contributed by atoms with Crippen molar-refractivity contribution in [2.75, 3.05) is 13.0 Å². The summed E-state index contributed by atoms with van der Waals surface area (Å²) in [5.41, 5.74) is 0.0972. The third-order valence-corrected chi connectivity index (χ3v) is 1.58. The Hall–Kier alpha value is -0.0200. The maximum absolute atomic E-state index is 4.87. The van der Waals surface area contributed by atoms with Gasteiger partial charge in [-0.3, -0.25) is 4.99 Å². The Morgan fingerprint density at radius 2 is 2.86 bits per heavy atom. The summed E-state index contributed by atoms with van der Waals surface area (Å²) in [4.78, 5) is 3.82. The van der Waals surface area contributed by atoms with E-state index in [-0.39, 0.29) is 5.44 Å². The maximum Gasteiger partial charge on any atom is 0.148 e. The van der Waals surface area contributed by atoms with Crippen LogP contribution in [0.25, 0.3) is 0 Å². The Kier molecular flexibility index (Phi) is 1.70. The van der Waals surface area contributed by atoms with Gasteiger partial charge in [-0.05, 0) is 0 Å². The van der Waals surface area contributed by atoms with E-state index in [1.807, 2.05) is 0 Å². The van der Waals surface area contributed by atoms with Crippen LogP contribution in [0, 0.1) is 0 Å². The lowest BCUT2D eigenvalue weighted by Gasteiger charge is -1.97. The molecule has 3 heteroatoms. The van der Waals surface area contributed by atoms with Gasteiger partial charge in [0.15, 0.2) is 0 Å². The predicted molar refractivity (Wildman–Crippen MR) is 30.7 cm³/mol. The third kappa shape index (κ3) is 1.17. The van der Waals surface area contributed by atoms with Gasteiger partial charge in [-0.1, -0.05) is 0 Å². The molecule has 39 valence electrons.